The molecule has 4 rings (SSSR count). The highest BCUT2D eigenvalue weighted by Crippen LogP contribution is 2.29. The predicted octanol–water partition coefficient (Wildman–Crippen LogP) is 5.23. The largest absolute Gasteiger partial charge is 0.446 e. The number of ether oxygens (including phenoxy) is 2. The first kappa shape index (κ1) is 29.1. The molecular weight excluding hydrogens is 506 g/mol. The van der Waals surface area contributed by atoms with Crippen molar-refractivity contribution in [2.45, 2.75) is 57.6 Å². The quantitative estimate of drug-likeness (QED) is 0.315. The number of hydrogen-bond donors (Lipinski definition) is 2. The average molecular weight is 546 g/mol. The summed E-state index contributed by atoms with van der Waals surface area (Å²) in [5.74, 6) is -0.301. The number of carbonyl (C=O) groups is 3. The zero-order valence-electron chi connectivity index (χ0n) is 23.0. The minimum atomic E-state index is -0.428. The van der Waals surface area contributed by atoms with E-state index in [0.717, 1.165) is 54.5 Å². The topological polar surface area (TPSA) is 97.0 Å². The molecule has 0 aromatic heterocycles. The van der Waals surface area contributed by atoms with Crippen LogP contribution in [0.5, 0.6) is 0 Å². The highest BCUT2D eigenvalue weighted by Gasteiger charge is 2.21. The maximum Gasteiger partial charge on any atom is 0.407 e. The second kappa shape index (κ2) is 15.6. The molecule has 1 unspecified atom stereocenters. The number of allylic oxidation sites excluding steroid dienone is 1. The number of hydrogen-bond acceptors (Lipinski definition) is 5. The molecule has 212 valence electrons. The Morgan fingerprint density at radius 1 is 0.850 bits per heavy atom. The summed E-state index contributed by atoms with van der Waals surface area (Å²) < 4.78 is 11.0. The summed E-state index contributed by atoms with van der Waals surface area (Å²) in [5.41, 5.74) is 3.94. The molecule has 0 saturated heterocycles. The van der Waals surface area contributed by atoms with Crippen molar-refractivity contribution in [3.05, 3.63) is 77.4 Å². The molecule has 1 atom stereocenters. The third-order valence-corrected chi connectivity index (χ3v) is 6.99. The molecule has 1 heterocycles. The van der Waals surface area contributed by atoms with E-state index in [1.54, 1.807) is 4.90 Å². The fourth-order valence-corrected chi connectivity index (χ4v) is 4.82. The second-order valence-electron chi connectivity index (χ2n) is 9.98. The van der Waals surface area contributed by atoms with Gasteiger partial charge < -0.3 is 25.0 Å². The van der Waals surface area contributed by atoms with Gasteiger partial charge in [0.15, 0.2) is 0 Å². The van der Waals surface area contributed by atoms with Gasteiger partial charge in [0.1, 0.15) is 6.10 Å². The van der Waals surface area contributed by atoms with Gasteiger partial charge in [0.2, 0.25) is 11.8 Å². The van der Waals surface area contributed by atoms with Gasteiger partial charge in [0.05, 0.1) is 25.4 Å². The molecule has 0 bridgehead atoms. The monoisotopic (exact) mass is 545 g/mol. The Bertz CT molecular complexity index is 1210. The number of nitrogens with one attached hydrogen (secondary N) is 2. The molecule has 0 fully saturated rings. The van der Waals surface area contributed by atoms with Crippen LogP contribution in [0, 0.1) is 0 Å². The van der Waals surface area contributed by atoms with Crippen molar-refractivity contribution >= 4 is 35.7 Å². The minimum Gasteiger partial charge on any atom is -0.446 e. The Labute approximate surface area is 236 Å². The van der Waals surface area contributed by atoms with E-state index in [4.69, 9.17) is 9.47 Å². The molecule has 0 radical (unpaired) electrons. The molecule has 2 N–H and O–H groups in total. The summed E-state index contributed by atoms with van der Waals surface area (Å²) in [6.07, 6.45) is 12.9. The van der Waals surface area contributed by atoms with Crippen LogP contribution in [0.1, 0.15) is 61.6 Å². The lowest BCUT2D eigenvalue weighted by Crippen LogP contribution is -2.34. The Morgan fingerprint density at radius 2 is 1.60 bits per heavy atom. The number of benzene rings is 2. The molecule has 8 heteroatoms. The van der Waals surface area contributed by atoms with E-state index in [9.17, 15) is 14.4 Å². The van der Waals surface area contributed by atoms with E-state index in [2.05, 4.69) is 28.9 Å². The van der Waals surface area contributed by atoms with Gasteiger partial charge in [-0.2, -0.15) is 0 Å². The normalized spacial score (nSPS) is 18.0. The summed E-state index contributed by atoms with van der Waals surface area (Å²) in [4.78, 5) is 39.4. The number of carbonyl (C=O) groups excluding carboxylic acids is 3. The maximum atomic E-state index is 13.3. The van der Waals surface area contributed by atoms with E-state index in [1.807, 2.05) is 54.6 Å². The van der Waals surface area contributed by atoms with Crippen LogP contribution in [0.15, 0.2) is 60.7 Å². The Hall–Kier alpha value is -3.91. The van der Waals surface area contributed by atoms with Crippen LogP contribution in [0.2, 0.25) is 0 Å². The van der Waals surface area contributed by atoms with E-state index in [-0.39, 0.29) is 30.8 Å². The summed E-state index contributed by atoms with van der Waals surface area (Å²) in [6, 6.07) is 15.8. The van der Waals surface area contributed by atoms with Crippen LogP contribution in [0.25, 0.3) is 12.2 Å². The van der Waals surface area contributed by atoms with Crippen LogP contribution in [0.3, 0.4) is 0 Å². The van der Waals surface area contributed by atoms with Crippen molar-refractivity contribution in [2.24, 2.45) is 0 Å². The Balaban J connectivity index is 1.13. The second-order valence-corrected chi connectivity index (χ2v) is 9.98. The van der Waals surface area contributed by atoms with E-state index < -0.39 is 6.09 Å². The molecule has 40 heavy (non-hydrogen) atoms. The highest BCUT2D eigenvalue weighted by molar-refractivity contribution is 5.98. The van der Waals surface area contributed by atoms with Crippen molar-refractivity contribution < 1.29 is 23.9 Å². The van der Waals surface area contributed by atoms with Crippen LogP contribution >= 0.6 is 0 Å². The third kappa shape index (κ3) is 9.09. The van der Waals surface area contributed by atoms with Crippen molar-refractivity contribution in [3.8, 4) is 0 Å². The molecule has 1 aliphatic heterocycles. The molecule has 1 aliphatic carbocycles. The zero-order valence-corrected chi connectivity index (χ0v) is 23.0. The summed E-state index contributed by atoms with van der Waals surface area (Å²) in [6.45, 7) is 1.74. The standard InChI is InChI=1S/C32H39N3O5/c36-30(33-20-22-39-23-21-34-32(38)40-28-13-4-2-1-3-5-14-28)18-19-31(37)35-24-27-12-7-6-10-25(27)16-17-26-11-8-9-15-29(26)35/h2,4,6-12,15-17,28H,1,3,5,13-14,18-24H2,(H,33,36)(H,34,38)/b4-2+,17-16-. The SMILES string of the molecule is O=C(CCC(=O)N1Cc2ccccc2/C=C\c2ccccc21)NCCOCCNC(=O)OC1C/C=C/CCCC1. The van der Waals surface area contributed by atoms with Gasteiger partial charge in [-0.25, -0.2) is 4.79 Å². The molecule has 0 saturated carbocycles. The van der Waals surface area contributed by atoms with Gasteiger partial charge >= 0.3 is 6.09 Å². The lowest BCUT2D eigenvalue weighted by Gasteiger charge is -2.27. The Kier molecular flexibility index (Phi) is 11.4. The lowest BCUT2D eigenvalue weighted by molar-refractivity contribution is -0.125. The van der Waals surface area contributed by atoms with Crippen molar-refractivity contribution in [1.82, 2.24) is 10.6 Å². The third-order valence-electron chi connectivity index (χ3n) is 6.99. The van der Waals surface area contributed by atoms with Gasteiger partial charge in [0.25, 0.3) is 0 Å². The molecule has 0 spiro atoms. The van der Waals surface area contributed by atoms with Crippen LogP contribution in [-0.2, 0) is 25.6 Å². The van der Waals surface area contributed by atoms with Gasteiger partial charge in [-0.1, -0.05) is 66.8 Å². The van der Waals surface area contributed by atoms with Crippen molar-refractivity contribution in [1.29, 1.82) is 0 Å². The first-order valence-electron chi connectivity index (χ1n) is 14.2. The number of alkyl carbamates (subject to hydrolysis) is 1. The summed E-state index contributed by atoms with van der Waals surface area (Å²) >= 11 is 0. The number of anilines is 1. The molecule has 3 amide bonds. The van der Waals surface area contributed by atoms with Gasteiger partial charge in [0, 0.05) is 32.4 Å². The number of rotatable bonds is 10. The average Bonchev–Trinajstić information content (AvgIpc) is 2.94. The van der Waals surface area contributed by atoms with Crippen molar-refractivity contribution in [2.75, 3.05) is 31.2 Å². The van der Waals surface area contributed by atoms with E-state index in [0.29, 0.717) is 32.8 Å². The fourth-order valence-electron chi connectivity index (χ4n) is 4.82. The lowest BCUT2D eigenvalue weighted by atomic mass is 10.0. The maximum absolute atomic E-state index is 13.3. The molecule has 2 aromatic rings. The predicted molar refractivity (Wildman–Crippen MR) is 157 cm³/mol. The number of para-hydroxylation sites is 1. The smallest absolute Gasteiger partial charge is 0.407 e. The minimum absolute atomic E-state index is 0.0780. The van der Waals surface area contributed by atoms with Gasteiger partial charge in [-0.05, 0) is 48.4 Å². The van der Waals surface area contributed by atoms with Crippen LogP contribution in [0.4, 0.5) is 10.5 Å². The highest BCUT2D eigenvalue weighted by atomic mass is 16.6. The first-order valence-corrected chi connectivity index (χ1v) is 14.2. The summed E-state index contributed by atoms with van der Waals surface area (Å²) in [7, 11) is 0. The molecule has 2 aromatic carbocycles. The summed E-state index contributed by atoms with van der Waals surface area (Å²) in [5, 5.41) is 5.51. The number of nitrogens with zero attached hydrogens (tertiary/aromatic N) is 1. The van der Waals surface area contributed by atoms with E-state index in [1.165, 1.54) is 0 Å². The van der Waals surface area contributed by atoms with Gasteiger partial charge in [-0.3, -0.25) is 9.59 Å². The first-order chi connectivity index (χ1) is 19.6. The molecule has 8 nitrogen and oxygen atoms in total. The van der Waals surface area contributed by atoms with Gasteiger partial charge in [-0.15, -0.1) is 0 Å². The molecular formula is C32H39N3O5. The van der Waals surface area contributed by atoms with E-state index >= 15 is 0 Å². The van der Waals surface area contributed by atoms with Crippen LogP contribution < -0.4 is 15.5 Å². The van der Waals surface area contributed by atoms with Crippen LogP contribution in [-0.4, -0.2) is 50.3 Å². The zero-order chi connectivity index (χ0) is 28.0. The number of amides is 3. The number of fused-ring (bicyclic) bond motifs is 2. The molecule has 2 aliphatic rings. The van der Waals surface area contributed by atoms with Crippen molar-refractivity contribution in [3.63, 3.8) is 0 Å². The Morgan fingerprint density at radius 3 is 2.48 bits per heavy atom. The fraction of sp³-hybridized carbons (Fsp3) is 0.406.